The smallest absolute Gasteiger partial charge is 0.332 e. The fourth-order valence-corrected chi connectivity index (χ4v) is 3.00. The van der Waals surface area contributed by atoms with Crippen molar-refractivity contribution in [3.63, 3.8) is 0 Å². The number of esters is 1. The number of carbonyl (C=O) groups is 2. The van der Waals surface area contributed by atoms with E-state index in [-0.39, 0.29) is 17.8 Å². The van der Waals surface area contributed by atoms with Crippen molar-refractivity contribution in [1.82, 2.24) is 4.90 Å². The quantitative estimate of drug-likeness (QED) is 0.556. The van der Waals surface area contributed by atoms with Crippen molar-refractivity contribution in [2.75, 3.05) is 13.2 Å². The van der Waals surface area contributed by atoms with Gasteiger partial charge in [0.2, 0.25) is 5.91 Å². The fraction of sp³-hybridized carbons (Fsp3) is 0.714. The molecule has 2 aliphatic heterocycles. The lowest BCUT2D eigenvalue weighted by Gasteiger charge is -2.36. The normalized spacial score (nSPS) is 33.6. The highest BCUT2D eigenvalue weighted by atomic mass is 16.5. The number of amides is 1. The largest absolute Gasteiger partial charge is 0.464 e. The van der Waals surface area contributed by atoms with Gasteiger partial charge in [-0.15, -0.1) is 0 Å². The van der Waals surface area contributed by atoms with Gasteiger partial charge in [-0.2, -0.15) is 0 Å². The van der Waals surface area contributed by atoms with E-state index >= 15 is 0 Å². The lowest BCUT2D eigenvalue weighted by atomic mass is 9.88. The highest BCUT2D eigenvalue weighted by molar-refractivity contribution is 5.93. The molecule has 1 unspecified atom stereocenters. The molecule has 0 aromatic heterocycles. The van der Waals surface area contributed by atoms with Crippen LogP contribution in [0.5, 0.6) is 0 Å². The lowest BCUT2D eigenvalue weighted by molar-refractivity contribution is -0.159. The summed E-state index contributed by atoms with van der Waals surface area (Å²) in [5.74, 6) is -0.228. The van der Waals surface area contributed by atoms with Crippen molar-refractivity contribution < 1.29 is 14.3 Å². The molecule has 0 saturated carbocycles. The monoisotopic (exact) mass is 251 g/mol. The van der Waals surface area contributed by atoms with Gasteiger partial charge in [-0.05, 0) is 32.6 Å². The van der Waals surface area contributed by atoms with Crippen LogP contribution in [0, 0.1) is 5.92 Å². The highest BCUT2D eigenvalue weighted by Gasteiger charge is 2.54. The van der Waals surface area contributed by atoms with Crippen LogP contribution in [0.2, 0.25) is 0 Å². The third kappa shape index (κ3) is 2.04. The molecule has 0 bridgehead atoms. The van der Waals surface area contributed by atoms with Gasteiger partial charge in [-0.25, -0.2) is 4.79 Å². The van der Waals surface area contributed by atoms with E-state index in [1.54, 1.807) is 11.8 Å². The SMILES string of the molecule is CCOC(=O)[C@@]12C/C=C\CCCN1C(=O)C(C)C2. The lowest BCUT2D eigenvalue weighted by Crippen LogP contribution is -2.53. The number of hydrogen-bond donors (Lipinski definition) is 0. The fourth-order valence-electron chi connectivity index (χ4n) is 3.00. The minimum absolute atomic E-state index is 0.0825. The van der Waals surface area contributed by atoms with Crippen molar-refractivity contribution in [2.45, 2.75) is 45.1 Å². The summed E-state index contributed by atoms with van der Waals surface area (Å²) in [5, 5.41) is 0. The Labute approximate surface area is 108 Å². The molecule has 4 heteroatoms. The van der Waals surface area contributed by atoms with Gasteiger partial charge in [0.05, 0.1) is 6.61 Å². The molecule has 0 aromatic carbocycles. The third-order valence-electron chi connectivity index (χ3n) is 3.88. The number of carbonyl (C=O) groups excluding carboxylic acids is 2. The first-order valence-electron chi connectivity index (χ1n) is 6.75. The number of rotatable bonds is 2. The molecule has 2 rings (SSSR count). The number of fused-ring (bicyclic) bond motifs is 1. The van der Waals surface area contributed by atoms with Crippen LogP contribution < -0.4 is 0 Å². The second-order valence-electron chi connectivity index (χ2n) is 5.16. The zero-order valence-corrected chi connectivity index (χ0v) is 11.1. The Balaban J connectivity index is 2.34. The van der Waals surface area contributed by atoms with Gasteiger partial charge in [-0.1, -0.05) is 19.1 Å². The zero-order valence-electron chi connectivity index (χ0n) is 11.1. The van der Waals surface area contributed by atoms with Crippen LogP contribution in [0.1, 0.15) is 39.5 Å². The zero-order chi connectivity index (χ0) is 13.2. The van der Waals surface area contributed by atoms with Crippen LogP contribution in [0.3, 0.4) is 0 Å². The summed E-state index contributed by atoms with van der Waals surface area (Å²) >= 11 is 0. The molecule has 2 heterocycles. The Hall–Kier alpha value is -1.32. The number of ether oxygens (including phenoxy) is 1. The third-order valence-corrected chi connectivity index (χ3v) is 3.88. The molecule has 0 aromatic rings. The van der Waals surface area contributed by atoms with Crippen molar-refractivity contribution in [1.29, 1.82) is 0 Å². The second kappa shape index (κ2) is 5.12. The molecule has 2 aliphatic rings. The average Bonchev–Trinajstić information content (AvgIpc) is 2.54. The molecule has 0 N–H and O–H groups in total. The first-order chi connectivity index (χ1) is 8.62. The summed E-state index contributed by atoms with van der Waals surface area (Å²) in [6.45, 7) is 4.72. The predicted molar refractivity (Wildman–Crippen MR) is 67.8 cm³/mol. The van der Waals surface area contributed by atoms with Gasteiger partial charge in [-0.3, -0.25) is 4.79 Å². The van der Waals surface area contributed by atoms with Gasteiger partial charge in [0.25, 0.3) is 0 Å². The van der Waals surface area contributed by atoms with E-state index in [1.807, 2.05) is 13.0 Å². The molecule has 0 spiro atoms. The summed E-state index contributed by atoms with van der Waals surface area (Å²) in [6, 6.07) is 0. The second-order valence-corrected chi connectivity index (χ2v) is 5.16. The van der Waals surface area contributed by atoms with Crippen LogP contribution in [0.25, 0.3) is 0 Å². The Morgan fingerprint density at radius 2 is 2.33 bits per heavy atom. The molecule has 18 heavy (non-hydrogen) atoms. The van der Waals surface area contributed by atoms with E-state index in [1.165, 1.54) is 0 Å². The maximum Gasteiger partial charge on any atom is 0.332 e. The average molecular weight is 251 g/mol. The van der Waals surface area contributed by atoms with Crippen LogP contribution in [-0.4, -0.2) is 35.5 Å². The van der Waals surface area contributed by atoms with Crippen LogP contribution >= 0.6 is 0 Å². The topological polar surface area (TPSA) is 46.6 Å². The maximum atomic E-state index is 12.3. The molecule has 2 atom stereocenters. The molecule has 4 nitrogen and oxygen atoms in total. The molecular formula is C14H21NO3. The van der Waals surface area contributed by atoms with E-state index in [0.717, 1.165) is 12.8 Å². The summed E-state index contributed by atoms with van der Waals surface area (Å²) in [5.41, 5.74) is -0.747. The highest BCUT2D eigenvalue weighted by Crippen LogP contribution is 2.39. The number of allylic oxidation sites excluding steroid dienone is 1. The van der Waals surface area contributed by atoms with Crippen molar-refractivity contribution in [2.24, 2.45) is 5.92 Å². The van der Waals surface area contributed by atoms with E-state index < -0.39 is 5.54 Å². The summed E-state index contributed by atoms with van der Waals surface area (Å²) in [4.78, 5) is 26.3. The van der Waals surface area contributed by atoms with Crippen molar-refractivity contribution >= 4 is 11.9 Å². The predicted octanol–water partition coefficient (Wildman–Crippen LogP) is 1.90. The Bertz CT molecular complexity index is 377. The van der Waals surface area contributed by atoms with Crippen molar-refractivity contribution in [3.05, 3.63) is 12.2 Å². The maximum absolute atomic E-state index is 12.3. The van der Waals surface area contributed by atoms with Gasteiger partial charge in [0.1, 0.15) is 5.54 Å². The van der Waals surface area contributed by atoms with Crippen LogP contribution in [0.4, 0.5) is 0 Å². The van der Waals surface area contributed by atoms with Gasteiger partial charge in [0.15, 0.2) is 0 Å². The molecule has 100 valence electrons. The van der Waals surface area contributed by atoms with E-state index in [2.05, 4.69) is 6.08 Å². The van der Waals surface area contributed by atoms with E-state index in [0.29, 0.717) is 26.0 Å². The molecule has 0 aliphatic carbocycles. The van der Waals surface area contributed by atoms with Crippen LogP contribution in [-0.2, 0) is 14.3 Å². The van der Waals surface area contributed by atoms with Gasteiger partial charge >= 0.3 is 5.97 Å². The van der Waals surface area contributed by atoms with E-state index in [4.69, 9.17) is 4.74 Å². The minimum Gasteiger partial charge on any atom is -0.464 e. The number of hydrogen-bond acceptors (Lipinski definition) is 3. The Morgan fingerprint density at radius 3 is 3.06 bits per heavy atom. The first-order valence-corrected chi connectivity index (χ1v) is 6.75. The standard InChI is InChI=1S/C14H21NO3/c1-3-18-13(17)14-8-6-4-5-7-9-15(14)12(16)11(2)10-14/h4,6,11H,3,5,7-10H2,1-2H3/b6-4-/t11?,14-/m0/s1. The number of nitrogens with zero attached hydrogens (tertiary/aromatic N) is 1. The van der Waals surface area contributed by atoms with E-state index in [9.17, 15) is 9.59 Å². The summed E-state index contributed by atoms with van der Waals surface area (Å²) in [7, 11) is 0. The van der Waals surface area contributed by atoms with Gasteiger partial charge < -0.3 is 9.64 Å². The molecule has 1 fully saturated rings. The summed E-state index contributed by atoms with van der Waals surface area (Å²) in [6.07, 6.45) is 7.17. The van der Waals surface area contributed by atoms with Gasteiger partial charge in [0, 0.05) is 12.5 Å². The molecule has 1 saturated heterocycles. The Kier molecular flexibility index (Phi) is 3.73. The first kappa shape index (κ1) is 13.1. The molecule has 1 amide bonds. The minimum atomic E-state index is -0.747. The Morgan fingerprint density at radius 1 is 1.56 bits per heavy atom. The van der Waals surface area contributed by atoms with Crippen molar-refractivity contribution in [3.8, 4) is 0 Å². The molecular weight excluding hydrogens is 230 g/mol. The molecule has 0 radical (unpaired) electrons. The van der Waals surface area contributed by atoms with Crippen LogP contribution in [0.15, 0.2) is 12.2 Å². The summed E-state index contributed by atoms with van der Waals surface area (Å²) < 4.78 is 5.21.